The molecule has 17 nitrogen and oxygen atoms in total. The van der Waals surface area contributed by atoms with Gasteiger partial charge in [-0.15, -0.1) is 11.3 Å². The summed E-state index contributed by atoms with van der Waals surface area (Å²) in [5.74, 6) is -4.16. The molecular formula is C49H49ClN6O11S2. The van der Waals surface area contributed by atoms with E-state index in [4.69, 9.17) is 21.4 Å². The van der Waals surface area contributed by atoms with Gasteiger partial charge in [0.05, 0.1) is 28.1 Å². The van der Waals surface area contributed by atoms with Crippen LogP contribution in [0.4, 0.5) is 11.4 Å². The van der Waals surface area contributed by atoms with Crippen LogP contribution in [0.15, 0.2) is 95.8 Å². The van der Waals surface area contributed by atoms with Crippen LogP contribution in [0.5, 0.6) is 5.75 Å². The molecule has 8 rings (SSSR count). The third kappa shape index (κ3) is 10.8. The summed E-state index contributed by atoms with van der Waals surface area (Å²) in [4.78, 5) is 73.9. The second-order valence-electron chi connectivity index (χ2n) is 17.9. The maximum Gasteiger partial charge on any atom is 0.349 e. The van der Waals surface area contributed by atoms with E-state index < -0.39 is 46.1 Å². The third-order valence-corrected chi connectivity index (χ3v) is 16.0. The first-order chi connectivity index (χ1) is 32.8. The Balaban J connectivity index is 0.852. The summed E-state index contributed by atoms with van der Waals surface area (Å²) in [7, 11) is -2.15. The number of hydrogen-bond donors (Lipinski definition) is 5. The Morgan fingerprint density at radius 3 is 2.30 bits per heavy atom. The van der Waals surface area contributed by atoms with Gasteiger partial charge < -0.3 is 25.6 Å². The maximum absolute atomic E-state index is 14.0. The zero-order valence-corrected chi connectivity index (χ0v) is 40.2. The number of amides is 3. The molecule has 0 radical (unpaired) electrons. The van der Waals surface area contributed by atoms with Crippen molar-refractivity contribution in [1.29, 1.82) is 0 Å². The summed E-state index contributed by atoms with van der Waals surface area (Å²) in [6, 6.07) is 26.4. The first kappa shape index (κ1) is 48.6. The number of imidazole rings is 1. The van der Waals surface area contributed by atoms with E-state index in [1.807, 2.05) is 62.4 Å². The largest absolute Gasteiger partial charge is 0.479 e. The molecule has 5 N–H and O–H groups in total. The van der Waals surface area contributed by atoms with E-state index in [-0.39, 0.29) is 70.8 Å². The average molecular weight is 998 g/mol. The lowest BCUT2D eigenvalue weighted by Gasteiger charge is -2.45. The molecule has 1 unspecified atom stereocenters. The number of halogens is 1. The minimum Gasteiger partial charge on any atom is -0.479 e. The molecule has 360 valence electrons. The van der Waals surface area contributed by atoms with Crippen LogP contribution in [0.2, 0.25) is 5.02 Å². The zero-order chi connectivity index (χ0) is 49.4. The maximum atomic E-state index is 14.0. The monoisotopic (exact) mass is 996 g/mol. The molecule has 69 heavy (non-hydrogen) atoms. The van der Waals surface area contributed by atoms with Crippen molar-refractivity contribution in [2.24, 2.45) is 7.05 Å². The van der Waals surface area contributed by atoms with Crippen molar-refractivity contribution in [3.05, 3.63) is 134 Å². The number of fused-ring (bicyclic) bond motifs is 1. The smallest absolute Gasteiger partial charge is 0.349 e. The molecule has 2 saturated heterocycles. The van der Waals surface area contributed by atoms with Gasteiger partial charge in [0.25, 0.3) is 0 Å². The number of aromatic carboxylic acids is 1. The number of carbonyl (C=O) groups excluding carboxylic acids is 3. The van der Waals surface area contributed by atoms with Crippen molar-refractivity contribution in [3.63, 3.8) is 0 Å². The number of piperidine rings is 2. The Labute approximate surface area is 405 Å². The van der Waals surface area contributed by atoms with E-state index >= 15 is 0 Å². The standard InChI is InChI=1S/C49H49ClN6O11S2/c1-49(2)25-35(51-34-9-5-7-32(24-34)44-42(50)43(67-26-41(59)60)45(68-44)47(62)63)18-19-55(49)69(65,66)27-31-6-4-8-33(21-31)52-40(58)23-29-12-10-28(11-13-29)20-30-14-15-36-38(22-30)54(3)48(64)56(36)37-16-17-39(57)53-46(37)61/h4-15,21-22,24,35,37,51H,16-20,23,25-27H2,1-3H3,(H,52,58)(H,59,60)(H,62,63)(H,53,57,61)/t35-,37?/m0/s1. The van der Waals surface area contributed by atoms with Crippen molar-refractivity contribution in [3.8, 4) is 16.2 Å². The third-order valence-electron chi connectivity index (χ3n) is 12.3. The van der Waals surface area contributed by atoms with Crippen LogP contribution in [-0.4, -0.2) is 86.5 Å². The summed E-state index contributed by atoms with van der Waals surface area (Å²) in [5.41, 5.74) is 5.18. The molecule has 2 aliphatic rings. The van der Waals surface area contributed by atoms with Crippen molar-refractivity contribution in [2.45, 2.75) is 75.7 Å². The van der Waals surface area contributed by atoms with Crippen molar-refractivity contribution < 1.29 is 47.3 Å². The number of imide groups is 1. The highest BCUT2D eigenvalue weighted by Gasteiger charge is 2.41. The lowest BCUT2D eigenvalue weighted by Crippen LogP contribution is -2.55. The minimum atomic E-state index is -3.81. The number of nitrogens with zero attached hydrogens (tertiary/aromatic N) is 3. The summed E-state index contributed by atoms with van der Waals surface area (Å²) in [5, 5.41) is 27.5. The van der Waals surface area contributed by atoms with Crippen LogP contribution >= 0.6 is 22.9 Å². The number of aryl methyl sites for hydroxylation is 1. The molecule has 2 atom stereocenters. The normalized spacial score (nSPS) is 17.3. The van der Waals surface area contributed by atoms with Crippen molar-refractivity contribution in [2.75, 3.05) is 23.8 Å². The van der Waals surface area contributed by atoms with E-state index in [1.165, 1.54) is 13.4 Å². The van der Waals surface area contributed by atoms with Gasteiger partial charge in [-0.3, -0.25) is 28.8 Å². The molecule has 0 spiro atoms. The Morgan fingerprint density at radius 2 is 1.59 bits per heavy atom. The summed E-state index contributed by atoms with van der Waals surface area (Å²) in [6.07, 6.45) is 2.04. The Bertz CT molecular complexity index is 3200. The van der Waals surface area contributed by atoms with Crippen LogP contribution in [-0.2, 0) is 54.8 Å². The Kier molecular flexibility index (Phi) is 13.9. The molecule has 2 aromatic heterocycles. The second kappa shape index (κ2) is 19.7. The number of nitrogens with one attached hydrogen (secondary N) is 3. The Morgan fingerprint density at radius 1 is 0.884 bits per heavy atom. The number of hydrogen-bond acceptors (Lipinski definition) is 11. The molecule has 0 bridgehead atoms. The predicted octanol–water partition coefficient (Wildman–Crippen LogP) is 6.82. The van der Waals surface area contributed by atoms with Crippen LogP contribution in [0.3, 0.4) is 0 Å². The number of sulfonamides is 1. The van der Waals surface area contributed by atoms with E-state index in [2.05, 4.69) is 16.0 Å². The quantitative estimate of drug-likeness (QED) is 0.0629. The van der Waals surface area contributed by atoms with Gasteiger partial charge in [0.2, 0.25) is 27.7 Å². The highest BCUT2D eigenvalue weighted by atomic mass is 35.5. The van der Waals surface area contributed by atoms with Gasteiger partial charge in [-0.05, 0) is 104 Å². The van der Waals surface area contributed by atoms with Crippen LogP contribution in [0, 0.1) is 0 Å². The SMILES string of the molecule is Cn1c(=O)n(C2CCC(=O)NC2=O)c2ccc(Cc3ccc(CC(=O)Nc4cccc(CS(=O)(=O)N5CC[C@H](Nc6cccc(-c7sc(C(=O)O)c(OCC(=O)O)c7Cl)c6)CC5(C)C)c4)cc3)cc21. The first-order valence-corrected chi connectivity index (χ1v) is 24.8. The van der Waals surface area contributed by atoms with Gasteiger partial charge in [-0.2, -0.15) is 4.31 Å². The summed E-state index contributed by atoms with van der Waals surface area (Å²) >= 11 is 7.40. The number of ether oxygens (including phenoxy) is 1. The molecule has 6 aromatic rings. The van der Waals surface area contributed by atoms with Crippen LogP contribution in [0.1, 0.15) is 77.5 Å². The highest BCUT2D eigenvalue weighted by Crippen LogP contribution is 2.46. The molecule has 3 amide bonds. The second-order valence-corrected chi connectivity index (χ2v) is 21.2. The zero-order valence-electron chi connectivity index (χ0n) is 37.8. The fraction of sp³-hybridized carbons (Fsp3) is 0.306. The number of carbonyl (C=O) groups is 5. The van der Waals surface area contributed by atoms with E-state index in [0.717, 1.165) is 28.0 Å². The molecular weight excluding hydrogens is 948 g/mol. The number of anilines is 2. The highest BCUT2D eigenvalue weighted by molar-refractivity contribution is 7.88. The number of thiophene rings is 1. The van der Waals surface area contributed by atoms with Gasteiger partial charge in [0.15, 0.2) is 17.2 Å². The van der Waals surface area contributed by atoms with E-state index in [0.29, 0.717) is 57.7 Å². The number of aliphatic carboxylic acids is 1. The molecule has 0 saturated carbocycles. The van der Waals surface area contributed by atoms with Gasteiger partial charge >= 0.3 is 17.6 Å². The van der Waals surface area contributed by atoms with E-state index in [1.54, 1.807) is 49.5 Å². The first-order valence-electron chi connectivity index (χ1n) is 22.0. The van der Waals surface area contributed by atoms with Gasteiger partial charge in [-0.25, -0.2) is 22.8 Å². The lowest BCUT2D eigenvalue weighted by atomic mass is 9.89. The lowest BCUT2D eigenvalue weighted by molar-refractivity contribution is -0.139. The average Bonchev–Trinajstić information content (AvgIpc) is 3.74. The summed E-state index contributed by atoms with van der Waals surface area (Å²) in [6.45, 7) is 3.26. The number of carboxylic acid groups (broad SMARTS) is 2. The summed E-state index contributed by atoms with van der Waals surface area (Å²) < 4.78 is 37.7. The molecule has 2 fully saturated rings. The van der Waals surface area contributed by atoms with Gasteiger partial charge in [-0.1, -0.05) is 66.2 Å². The molecule has 4 heterocycles. The van der Waals surface area contributed by atoms with Gasteiger partial charge in [0, 0.05) is 43.0 Å². The van der Waals surface area contributed by atoms with Crippen molar-refractivity contribution in [1.82, 2.24) is 18.8 Å². The van der Waals surface area contributed by atoms with Crippen LogP contribution in [0.25, 0.3) is 21.5 Å². The fourth-order valence-electron chi connectivity index (χ4n) is 9.17. The van der Waals surface area contributed by atoms with Gasteiger partial charge in [0.1, 0.15) is 11.1 Å². The minimum absolute atomic E-state index is 0.00437. The van der Waals surface area contributed by atoms with E-state index in [9.17, 15) is 42.3 Å². The molecule has 2 aliphatic heterocycles. The fourth-order valence-corrected chi connectivity index (χ4v) is 12.5. The van der Waals surface area contributed by atoms with Crippen LogP contribution < -0.4 is 26.4 Å². The van der Waals surface area contributed by atoms with Crippen molar-refractivity contribution >= 4 is 85.0 Å². The number of aromatic nitrogens is 2. The number of rotatable bonds is 16. The molecule has 20 heteroatoms. The number of benzene rings is 4. The number of carboxylic acids is 2. The predicted molar refractivity (Wildman–Crippen MR) is 262 cm³/mol. The Hall–Kier alpha value is -6.80. The molecule has 4 aromatic carbocycles. The molecule has 0 aliphatic carbocycles. The topological polar surface area (TPSA) is 235 Å².